The molecule has 1 heterocycles. The van der Waals surface area contributed by atoms with Gasteiger partial charge in [0.05, 0.1) is 24.2 Å². The third kappa shape index (κ3) is 2.76. The van der Waals surface area contributed by atoms with E-state index in [0.29, 0.717) is 0 Å². The molecule has 1 unspecified atom stereocenters. The highest BCUT2D eigenvalue weighted by Gasteiger charge is 2.41. The summed E-state index contributed by atoms with van der Waals surface area (Å²) in [7, 11) is 1.80. The molecule has 0 spiro atoms. The molecule has 18 heavy (non-hydrogen) atoms. The number of rotatable bonds is 5. The lowest BCUT2D eigenvalue weighted by molar-refractivity contribution is -0.0746. The molecule has 0 radical (unpaired) electrons. The number of nitrogens with two attached hydrogens (primary N) is 1. The number of furan rings is 1. The van der Waals surface area contributed by atoms with Crippen LogP contribution in [-0.4, -0.2) is 18.8 Å². The van der Waals surface area contributed by atoms with Crippen molar-refractivity contribution in [3.05, 3.63) is 24.2 Å². The number of hydrogen-bond acceptors (Lipinski definition) is 4. The number of ether oxygens (including phenoxy) is 1. The van der Waals surface area contributed by atoms with Crippen LogP contribution in [-0.2, 0) is 11.2 Å². The second-order valence-electron chi connectivity index (χ2n) is 5.51. The van der Waals surface area contributed by atoms with E-state index in [-0.39, 0.29) is 11.6 Å². The molecule has 102 valence electrons. The molecule has 0 saturated heterocycles. The van der Waals surface area contributed by atoms with Gasteiger partial charge in [0.15, 0.2) is 0 Å². The predicted octanol–water partition coefficient (Wildman–Crippen LogP) is 2.25. The molecule has 4 heteroatoms. The van der Waals surface area contributed by atoms with Gasteiger partial charge in [-0.15, -0.1) is 0 Å². The molecular formula is C14H24N2O2. The average Bonchev–Trinajstić information content (AvgIpc) is 2.90. The van der Waals surface area contributed by atoms with Crippen molar-refractivity contribution >= 4 is 0 Å². The lowest BCUT2D eigenvalue weighted by atomic mass is 9.74. The van der Waals surface area contributed by atoms with Gasteiger partial charge in [0.25, 0.3) is 0 Å². The molecule has 4 nitrogen and oxygen atoms in total. The second-order valence-corrected chi connectivity index (χ2v) is 5.51. The molecule has 1 aromatic heterocycles. The first-order valence-corrected chi connectivity index (χ1v) is 6.72. The molecule has 0 amide bonds. The van der Waals surface area contributed by atoms with Gasteiger partial charge in [-0.1, -0.05) is 6.92 Å². The lowest BCUT2D eigenvalue weighted by Gasteiger charge is -2.43. The topological polar surface area (TPSA) is 60.4 Å². The van der Waals surface area contributed by atoms with E-state index in [1.165, 1.54) is 12.8 Å². The molecule has 2 rings (SSSR count). The molecule has 0 bridgehead atoms. The Kier molecular flexibility index (Phi) is 4.43. The van der Waals surface area contributed by atoms with E-state index in [1.807, 2.05) is 6.07 Å². The van der Waals surface area contributed by atoms with Gasteiger partial charge in [0, 0.05) is 7.11 Å². The maximum atomic E-state index is 5.86. The Morgan fingerprint density at radius 2 is 2.28 bits per heavy atom. The number of hydrazine groups is 1. The van der Waals surface area contributed by atoms with Crippen molar-refractivity contribution in [1.82, 2.24) is 5.43 Å². The molecule has 0 aliphatic heterocycles. The van der Waals surface area contributed by atoms with Gasteiger partial charge in [0.1, 0.15) is 0 Å². The van der Waals surface area contributed by atoms with Crippen LogP contribution in [0.1, 0.15) is 38.2 Å². The fraction of sp³-hybridized carbons (Fsp3) is 0.714. The third-order valence-electron chi connectivity index (χ3n) is 4.38. The van der Waals surface area contributed by atoms with Crippen molar-refractivity contribution in [2.45, 2.75) is 50.7 Å². The molecular weight excluding hydrogens is 228 g/mol. The molecule has 1 atom stereocenters. The molecule has 1 aliphatic rings. The van der Waals surface area contributed by atoms with Gasteiger partial charge in [-0.25, -0.2) is 0 Å². The minimum Gasteiger partial charge on any atom is -0.472 e. The van der Waals surface area contributed by atoms with Crippen LogP contribution in [0.5, 0.6) is 0 Å². The Morgan fingerprint density at radius 3 is 2.78 bits per heavy atom. The van der Waals surface area contributed by atoms with Crippen LogP contribution in [0.3, 0.4) is 0 Å². The summed E-state index contributed by atoms with van der Waals surface area (Å²) in [6.07, 6.45) is 8.86. The fourth-order valence-electron chi connectivity index (χ4n) is 2.99. The zero-order valence-corrected chi connectivity index (χ0v) is 11.3. The highest BCUT2D eigenvalue weighted by Crippen LogP contribution is 2.37. The Bertz CT molecular complexity index is 343. The van der Waals surface area contributed by atoms with E-state index >= 15 is 0 Å². The van der Waals surface area contributed by atoms with Crippen LogP contribution >= 0.6 is 0 Å². The lowest BCUT2D eigenvalue weighted by Crippen LogP contribution is -2.57. The van der Waals surface area contributed by atoms with Gasteiger partial charge in [-0.2, -0.15) is 0 Å². The van der Waals surface area contributed by atoms with E-state index in [9.17, 15) is 0 Å². The van der Waals surface area contributed by atoms with Crippen molar-refractivity contribution in [3.63, 3.8) is 0 Å². The van der Waals surface area contributed by atoms with Gasteiger partial charge in [-0.3, -0.25) is 11.3 Å². The van der Waals surface area contributed by atoms with Crippen LogP contribution in [0.2, 0.25) is 0 Å². The zero-order chi connectivity index (χ0) is 13.0. The largest absolute Gasteiger partial charge is 0.472 e. The first kappa shape index (κ1) is 13.6. The summed E-state index contributed by atoms with van der Waals surface area (Å²) in [5.41, 5.74) is 3.97. The van der Waals surface area contributed by atoms with E-state index in [4.69, 9.17) is 15.0 Å². The van der Waals surface area contributed by atoms with Crippen molar-refractivity contribution in [2.24, 2.45) is 11.8 Å². The van der Waals surface area contributed by atoms with E-state index in [1.54, 1.807) is 19.6 Å². The molecule has 1 fully saturated rings. The van der Waals surface area contributed by atoms with Crippen molar-refractivity contribution in [3.8, 4) is 0 Å². The Morgan fingerprint density at radius 1 is 1.56 bits per heavy atom. The normalized spacial score (nSPS) is 30.3. The van der Waals surface area contributed by atoms with Gasteiger partial charge >= 0.3 is 0 Å². The second kappa shape index (κ2) is 5.87. The Balaban J connectivity index is 2.08. The average molecular weight is 252 g/mol. The van der Waals surface area contributed by atoms with Crippen LogP contribution in [0, 0.1) is 5.92 Å². The van der Waals surface area contributed by atoms with Gasteiger partial charge in [-0.05, 0) is 49.7 Å². The van der Waals surface area contributed by atoms with Crippen LogP contribution in [0.15, 0.2) is 23.0 Å². The zero-order valence-electron chi connectivity index (χ0n) is 11.3. The highest BCUT2D eigenvalue weighted by atomic mass is 16.5. The summed E-state index contributed by atoms with van der Waals surface area (Å²) >= 11 is 0. The van der Waals surface area contributed by atoms with Gasteiger partial charge in [0.2, 0.25) is 0 Å². The SMILES string of the molecule is COC1(C(Cc2ccoc2)NN)CCC(C)CC1. The van der Waals surface area contributed by atoms with Crippen molar-refractivity contribution in [2.75, 3.05) is 7.11 Å². The quantitative estimate of drug-likeness (QED) is 0.623. The number of methoxy groups -OCH3 is 1. The van der Waals surface area contributed by atoms with Crippen molar-refractivity contribution < 1.29 is 9.15 Å². The van der Waals surface area contributed by atoms with Gasteiger partial charge < -0.3 is 9.15 Å². The molecule has 1 saturated carbocycles. The molecule has 0 aromatic carbocycles. The summed E-state index contributed by atoms with van der Waals surface area (Å²) in [6, 6.07) is 2.12. The first-order chi connectivity index (χ1) is 8.70. The number of hydrogen-bond donors (Lipinski definition) is 2. The minimum absolute atomic E-state index is 0.132. The maximum Gasteiger partial charge on any atom is 0.0935 e. The minimum atomic E-state index is -0.140. The molecule has 3 N–H and O–H groups in total. The Hall–Kier alpha value is -0.840. The van der Waals surface area contributed by atoms with E-state index < -0.39 is 0 Å². The maximum absolute atomic E-state index is 5.86. The summed E-state index contributed by atoms with van der Waals surface area (Å²) < 4.78 is 11.0. The summed E-state index contributed by atoms with van der Waals surface area (Å²) in [4.78, 5) is 0. The summed E-state index contributed by atoms with van der Waals surface area (Å²) in [5.74, 6) is 6.55. The first-order valence-electron chi connectivity index (χ1n) is 6.72. The Labute approximate surface area is 109 Å². The fourth-order valence-corrected chi connectivity index (χ4v) is 2.99. The standard InChI is InChI=1S/C14H24N2O2/c1-11-3-6-14(17-2,7-4-11)13(16-15)9-12-5-8-18-10-12/h5,8,10-11,13,16H,3-4,6-7,9,15H2,1-2H3. The summed E-state index contributed by atoms with van der Waals surface area (Å²) in [6.45, 7) is 2.31. The number of nitrogens with one attached hydrogen (secondary N) is 1. The van der Waals surface area contributed by atoms with Crippen LogP contribution in [0.25, 0.3) is 0 Å². The monoisotopic (exact) mass is 252 g/mol. The molecule has 1 aromatic rings. The van der Waals surface area contributed by atoms with Crippen LogP contribution < -0.4 is 11.3 Å². The third-order valence-corrected chi connectivity index (χ3v) is 4.38. The van der Waals surface area contributed by atoms with Crippen LogP contribution in [0.4, 0.5) is 0 Å². The smallest absolute Gasteiger partial charge is 0.0935 e. The van der Waals surface area contributed by atoms with E-state index in [0.717, 1.165) is 30.7 Å². The summed E-state index contributed by atoms with van der Waals surface area (Å²) in [5, 5.41) is 0. The van der Waals surface area contributed by atoms with E-state index in [2.05, 4.69) is 12.3 Å². The highest BCUT2D eigenvalue weighted by molar-refractivity contribution is 5.11. The van der Waals surface area contributed by atoms with Crippen molar-refractivity contribution in [1.29, 1.82) is 0 Å². The molecule has 1 aliphatic carbocycles. The predicted molar refractivity (Wildman–Crippen MR) is 70.9 cm³/mol.